The molecule has 5 nitrogen and oxygen atoms in total. The van der Waals surface area contributed by atoms with Crippen LogP contribution >= 0.6 is 11.3 Å². The molecule has 11 aromatic rings. The molecule has 0 aliphatic heterocycles. The van der Waals surface area contributed by atoms with Crippen LogP contribution in [0.5, 0.6) is 0 Å². The molecule has 6 heteroatoms. The average Bonchev–Trinajstić information content (AvgIpc) is 3.87. The van der Waals surface area contributed by atoms with Gasteiger partial charge in [-0.25, -0.2) is 4.98 Å². The third kappa shape index (κ3) is 4.37. The Morgan fingerprint density at radius 1 is 0.431 bits per heavy atom. The van der Waals surface area contributed by atoms with Gasteiger partial charge in [0.25, 0.3) is 0 Å². The number of furan rings is 1. The highest BCUT2D eigenvalue weighted by Crippen LogP contribution is 2.41. The molecule has 0 radical (unpaired) electrons. The first-order valence-electron chi connectivity index (χ1n) is 16.9. The van der Waals surface area contributed by atoms with E-state index in [0.717, 1.165) is 66.0 Å². The van der Waals surface area contributed by atoms with Gasteiger partial charge in [-0.3, -0.25) is 4.57 Å². The molecule has 0 amide bonds. The van der Waals surface area contributed by atoms with Gasteiger partial charge in [0.05, 0.1) is 11.0 Å². The normalized spacial score (nSPS) is 11.9. The van der Waals surface area contributed by atoms with E-state index < -0.39 is 0 Å². The van der Waals surface area contributed by atoms with Crippen molar-refractivity contribution in [1.82, 2.24) is 19.5 Å². The number of benzene rings is 7. The van der Waals surface area contributed by atoms with E-state index in [1.54, 1.807) is 11.3 Å². The van der Waals surface area contributed by atoms with E-state index in [-0.39, 0.29) is 0 Å². The second-order valence-electron chi connectivity index (χ2n) is 12.8. The number of aromatic nitrogens is 4. The Bertz CT molecular complexity index is 3150. The molecule has 0 N–H and O–H groups in total. The summed E-state index contributed by atoms with van der Waals surface area (Å²) in [5.74, 6) is 1.87. The SMILES string of the molecule is c1ccc(-c2nc(-c3cccc4c3sc3ccccc34)nc(-n3c4ccccc4c4cc(-c5ccc6oc7ccccc7c6c5)ccc43)n2)cc1. The molecule has 238 valence electrons. The molecular weight excluding hydrogens is 645 g/mol. The molecule has 0 aliphatic rings. The van der Waals surface area contributed by atoms with Gasteiger partial charge in [-0.2, -0.15) is 9.97 Å². The summed E-state index contributed by atoms with van der Waals surface area (Å²) in [5.41, 5.74) is 8.08. The zero-order valence-electron chi connectivity index (χ0n) is 27.1. The summed E-state index contributed by atoms with van der Waals surface area (Å²) in [4.78, 5) is 15.6. The fraction of sp³-hybridized carbons (Fsp3) is 0. The molecule has 0 saturated carbocycles. The fourth-order valence-corrected chi connectivity index (χ4v) is 8.71. The highest BCUT2D eigenvalue weighted by atomic mass is 32.1. The Morgan fingerprint density at radius 2 is 1.10 bits per heavy atom. The van der Waals surface area contributed by atoms with Crippen LogP contribution in [0.3, 0.4) is 0 Å². The Morgan fingerprint density at radius 3 is 2.00 bits per heavy atom. The molecule has 0 atom stereocenters. The van der Waals surface area contributed by atoms with Gasteiger partial charge < -0.3 is 4.42 Å². The van der Waals surface area contributed by atoms with E-state index in [1.165, 1.54) is 20.2 Å². The minimum absolute atomic E-state index is 0.585. The van der Waals surface area contributed by atoms with Crippen molar-refractivity contribution in [1.29, 1.82) is 0 Å². The largest absolute Gasteiger partial charge is 0.456 e. The highest BCUT2D eigenvalue weighted by Gasteiger charge is 2.20. The minimum Gasteiger partial charge on any atom is -0.456 e. The van der Waals surface area contributed by atoms with Crippen molar-refractivity contribution in [2.75, 3.05) is 0 Å². The molecule has 4 aromatic heterocycles. The van der Waals surface area contributed by atoms with Crippen molar-refractivity contribution < 1.29 is 4.42 Å². The number of fused-ring (bicyclic) bond motifs is 9. The van der Waals surface area contributed by atoms with Gasteiger partial charge in [0.2, 0.25) is 5.95 Å². The third-order valence-electron chi connectivity index (χ3n) is 9.88. The summed E-state index contributed by atoms with van der Waals surface area (Å²) in [6, 6.07) is 55.0. The predicted octanol–water partition coefficient (Wildman–Crippen LogP) is 12.2. The number of hydrogen-bond acceptors (Lipinski definition) is 5. The summed E-state index contributed by atoms with van der Waals surface area (Å²) in [6.07, 6.45) is 0. The average molecular weight is 671 g/mol. The standard InChI is InChI=1S/C45H26N4OS/c1-2-11-27(12-3-1)43-46-44(34-17-10-16-33-32-15-6-9-20-41(32)51-42(33)34)48-45(47-43)49-37-18-7-4-13-30(37)35-25-28(21-23-38(35)49)29-22-24-40-36(26-29)31-14-5-8-19-39(31)50-40/h1-26H. The molecular formula is C45H26N4OS. The second-order valence-corrected chi connectivity index (χ2v) is 13.9. The van der Waals surface area contributed by atoms with E-state index in [2.05, 4.69) is 132 Å². The minimum atomic E-state index is 0.585. The van der Waals surface area contributed by atoms with Crippen molar-refractivity contribution in [2.45, 2.75) is 0 Å². The number of nitrogens with zero attached hydrogens (tertiary/aromatic N) is 4. The van der Waals surface area contributed by atoms with Crippen LogP contribution in [0.1, 0.15) is 0 Å². The Balaban J connectivity index is 1.14. The smallest absolute Gasteiger partial charge is 0.238 e. The molecule has 0 fully saturated rings. The van der Waals surface area contributed by atoms with Crippen LogP contribution in [-0.4, -0.2) is 19.5 Å². The molecule has 4 heterocycles. The van der Waals surface area contributed by atoms with Crippen LogP contribution in [0.15, 0.2) is 162 Å². The maximum absolute atomic E-state index is 6.12. The van der Waals surface area contributed by atoms with Crippen LogP contribution in [0.25, 0.3) is 104 Å². The third-order valence-corrected chi connectivity index (χ3v) is 11.1. The van der Waals surface area contributed by atoms with E-state index in [0.29, 0.717) is 17.6 Å². The van der Waals surface area contributed by atoms with Crippen LogP contribution in [0, 0.1) is 0 Å². The van der Waals surface area contributed by atoms with Gasteiger partial charge in [-0.1, -0.05) is 109 Å². The van der Waals surface area contributed by atoms with Crippen LogP contribution in [0.4, 0.5) is 0 Å². The summed E-state index contributed by atoms with van der Waals surface area (Å²) in [6.45, 7) is 0. The quantitative estimate of drug-likeness (QED) is 0.187. The predicted molar refractivity (Wildman–Crippen MR) is 211 cm³/mol. The lowest BCUT2D eigenvalue weighted by atomic mass is 10.0. The number of rotatable bonds is 4. The maximum Gasteiger partial charge on any atom is 0.238 e. The first kappa shape index (κ1) is 28.2. The molecule has 7 aromatic carbocycles. The summed E-state index contributed by atoms with van der Waals surface area (Å²) < 4.78 is 10.7. The van der Waals surface area contributed by atoms with Crippen molar-refractivity contribution in [3.63, 3.8) is 0 Å². The van der Waals surface area contributed by atoms with Crippen molar-refractivity contribution in [2.24, 2.45) is 0 Å². The lowest BCUT2D eigenvalue weighted by Crippen LogP contribution is -2.06. The molecule has 0 saturated heterocycles. The zero-order chi connectivity index (χ0) is 33.5. The fourth-order valence-electron chi connectivity index (χ4n) is 7.50. The van der Waals surface area contributed by atoms with E-state index in [1.807, 2.05) is 30.3 Å². The number of para-hydroxylation sites is 2. The molecule has 11 rings (SSSR count). The second kappa shape index (κ2) is 10.9. The Labute approximate surface area is 295 Å². The Hall–Kier alpha value is -6.63. The van der Waals surface area contributed by atoms with E-state index in [9.17, 15) is 0 Å². The van der Waals surface area contributed by atoms with Gasteiger partial charge >= 0.3 is 0 Å². The maximum atomic E-state index is 6.12. The van der Waals surface area contributed by atoms with E-state index >= 15 is 0 Å². The van der Waals surface area contributed by atoms with Crippen molar-refractivity contribution in [3.8, 4) is 39.9 Å². The molecule has 0 spiro atoms. The topological polar surface area (TPSA) is 56.7 Å². The summed E-state index contributed by atoms with van der Waals surface area (Å²) in [5, 5.41) is 6.97. The number of hydrogen-bond donors (Lipinski definition) is 0. The van der Waals surface area contributed by atoms with Gasteiger partial charge in [0.1, 0.15) is 11.2 Å². The first-order valence-corrected chi connectivity index (χ1v) is 17.8. The monoisotopic (exact) mass is 670 g/mol. The van der Waals surface area contributed by atoms with Gasteiger partial charge in [0.15, 0.2) is 11.6 Å². The lowest BCUT2D eigenvalue weighted by molar-refractivity contribution is 0.669. The van der Waals surface area contributed by atoms with Crippen molar-refractivity contribution >= 4 is 75.3 Å². The van der Waals surface area contributed by atoms with Crippen LogP contribution in [0.2, 0.25) is 0 Å². The summed E-state index contributed by atoms with van der Waals surface area (Å²) in [7, 11) is 0. The lowest BCUT2D eigenvalue weighted by Gasteiger charge is -2.11. The molecule has 51 heavy (non-hydrogen) atoms. The Kier molecular flexibility index (Phi) is 6.05. The van der Waals surface area contributed by atoms with Crippen LogP contribution < -0.4 is 0 Å². The van der Waals surface area contributed by atoms with E-state index in [4.69, 9.17) is 19.4 Å². The molecule has 0 aliphatic carbocycles. The highest BCUT2D eigenvalue weighted by molar-refractivity contribution is 7.26. The van der Waals surface area contributed by atoms with Gasteiger partial charge in [0, 0.05) is 52.8 Å². The van der Waals surface area contributed by atoms with Gasteiger partial charge in [-0.15, -0.1) is 11.3 Å². The number of thiophene rings is 1. The van der Waals surface area contributed by atoms with Crippen molar-refractivity contribution in [3.05, 3.63) is 158 Å². The summed E-state index contributed by atoms with van der Waals surface area (Å²) >= 11 is 1.78. The molecule has 0 bridgehead atoms. The first-order chi connectivity index (χ1) is 25.3. The molecule has 0 unspecified atom stereocenters. The van der Waals surface area contributed by atoms with Crippen LogP contribution in [-0.2, 0) is 0 Å². The van der Waals surface area contributed by atoms with Gasteiger partial charge in [-0.05, 0) is 59.7 Å². The zero-order valence-corrected chi connectivity index (χ0v) is 27.9.